The van der Waals surface area contributed by atoms with Gasteiger partial charge in [-0.2, -0.15) is 0 Å². The molecular weight excluding hydrogens is 236 g/mol. The van der Waals surface area contributed by atoms with Crippen LogP contribution in [-0.4, -0.2) is 18.5 Å². The quantitative estimate of drug-likeness (QED) is 0.532. The number of nitrogens with one attached hydrogen (secondary N) is 1. The van der Waals surface area contributed by atoms with Gasteiger partial charge in [0.25, 0.3) is 0 Å². The van der Waals surface area contributed by atoms with Gasteiger partial charge in [0, 0.05) is 19.0 Å². The van der Waals surface area contributed by atoms with Crippen LogP contribution in [-0.2, 0) is 4.79 Å². The van der Waals surface area contributed by atoms with E-state index >= 15 is 0 Å². The molecule has 0 saturated carbocycles. The molecule has 3 heteroatoms. The summed E-state index contributed by atoms with van der Waals surface area (Å²) in [6.07, 6.45) is 10.4. The van der Waals surface area contributed by atoms with E-state index < -0.39 is 0 Å². The van der Waals surface area contributed by atoms with E-state index in [1.165, 1.54) is 38.5 Å². The van der Waals surface area contributed by atoms with Gasteiger partial charge in [-0.25, -0.2) is 0 Å². The molecule has 1 atom stereocenters. The number of nitrogens with two attached hydrogens (primary N) is 1. The Morgan fingerprint density at radius 2 is 1.63 bits per heavy atom. The number of amides is 1. The number of hydrogen-bond donors (Lipinski definition) is 2. The van der Waals surface area contributed by atoms with E-state index in [1.54, 1.807) is 0 Å². The van der Waals surface area contributed by atoms with E-state index in [-0.39, 0.29) is 11.9 Å². The minimum Gasteiger partial charge on any atom is -0.355 e. The maximum absolute atomic E-state index is 11.6. The van der Waals surface area contributed by atoms with Crippen molar-refractivity contribution < 1.29 is 4.79 Å². The van der Waals surface area contributed by atoms with Gasteiger partial charge in [0.1, 0.15) is 0 Å². The van der Waals surface area contributed by atoms with Gasteiger partial charge in [-0.1, -0.05) is 59.3 Å². The number of rotatable bonds is 12. The van der Waals surface area contributed by atoms with Crippen LogP contribution in [0.3, 0.4) is 0 Å². The number of hydrogen-bond acceptors (Lipinski definition) is 2. The molecule has 0 rings (SSSR count). The Labute approximate surface area is 119 Å². The molecule has 0 aromatic carbocycles. The molecule has 0 aromatic heterocycles. The minimum atomic E-state index is 0.0954. The predicted molar refractivity (Wildman–Crippen MR) is 83.1 cm³/mol. The summed E-state index contributed by atoms with van der Waals surface area (Å²) in [6, 6.07) is 0.0954. The van der Waals surface area contributed by atoms with Gasteiger partial charge < -0.3 is 11.1 Å². The monoisotopic (exact) mass is 270 g/mol. The van der Waals surface area contributed by atoms with Gasteiger partial charge in [0.15, 0.2) is 0 Å². The number of unbranched alkanes of at least 4 members (excludes halogenated alkanes) is 6. The Kier molecular flexibility index (Phi) is 12.1. The van der Waals surface area contributed by atoms with Crippen molar-refractivity contribution in [3.8, 4) is 0 Å². The molecule has 0 radical (unpaired) electrons. The van der Waals surface area contributed by atoms with Crippen molar-refractivity contribution in [2.45, 2.75) is 84.6 Å². The van der Waals surface area contributed by atoms with Gasteiger partial charge in [0.2, 0.25) is 5.91 Å². The fourth-order valence-corrected chi connectivity index (χ4v) is 2.26. The molecule has 0 aliphatic carbocycles. The molecule has 0 aromatic rings. The molecule has 0 spiro atoms. The topological polar surface area (TPSA) is 55.1 Å². The van der Waals surface area contributed by atoms with Crippen molar-refractivity contribution in [3.63, 3.8) is 0 Å². The largest absolute Gasteiger partial charge is 0.355 e. The molecule has 1 unspecified atom stereocenters. The summed E-state index contributed by atoms with van der Waals surface area (Å²) in [4.78, 5) is 11.6. The van der Waals surface area contributed by atoms with Gasteiger partial charge in [-0.15, -0.1) is 0 Å². The molecule has 0 saturated heterocycles. The van der Waals surface area contributed by atoms with Gasteiger partial charge in [0.05, 0.1) is 0 Å². The lowest BCUT2D eigenvalue weighted by molar-refractivity contribution is -0.121. The Bertz CT molecular complexity index is 217. The molecule has 114 valence electrons. The molecule has 0 aliphatic rings. The van der Waals surface area contributed by atoms with Crippen molar-refractivity contribution in [1.82, 2.24) is 5.32 Å². The molecular formula is C16H34N2O. The molecule has 3 N–H and O–H groups in total. The summed E-state index contributed by atoms with van der Waals surface area (Å²) >= 11 is 0. The van der Waals surface area contributed by atoms with E-state index in [0.717, 1.165) is 12.8 Å². The highest BCUT2D eigenvalue weighted by atomic mass is 16.1. The van der Waals surface area contributed by atoms with Crippen molar-refractivity contribution in [2.24, 2.45) is 11.7 Å². The van der Waals surface area contributed by atoms with Crippen LogP contribution in [0.1, 0.15) is 78.6 Å². The molecule has 19 heavy (non-hydrogen) atoms. The van der Waals surface area contributed by atoms with Gasteiger partial charge in [-0.05, 0) is 18.8 Å². The summed E-state index contributed by atoms with van der Waals surface area (Å²) in [5.41, 5.74) is 5.93. The summed E-state index contributed by atoms with van der Waals surface area (Å²) in [5.74, 6) is 0.753. The minimum absolute atomic E-state index is 0.0954. The van der Waals surface area contributed by atoms with Crippen LogP contribution in [0, 0.1) is 5.92 Å². The van der Waals surface area contributed by atoms with Gasteiger partial charge in [-0.3, -0.25) is 4.79 Å². The van der Waals surface area contributed by atoms with Crippen molar-refractivity contribution in [2.75, 3.05) is 6.54 Å². The molecule has 0 fully saturated rings. The van der Waals surface area contributed by atoms with E-state index in [1.807, 2.05) is 0 Å². The maximum Gasteiger partial charge on any atom is 0.220 e. The van der Waals surface area contributed by atoms with Crippen LogP contribution in [0.25, 0.3) is 0 Å². The first-order valence-electron chi connectivity index (χ1n) is 8.08. The highest BCUT2D eigenvalue weighted by Gasteiger charge is 2.07. The highest BCUT2D eigenvalue weighted by molar-refractivity contribution is 5.75. The second kappa shape index (κ2) is 12.5. The summed E-state index contributed by atoms with van der Waals surface area (Å²) in [7, 11) is 0. The lowest BCUT2D eigenvalue weighted by Crippen LogP contribution is -2.37. The highest BCUT2D eigenvalue weighted by Crippen LogP contribution is 2.08. The summed E-state index contributed by atoms with van der Waals surface area (Å²) in [6.45, 7) is 7.16. The zero-order valence-corrected chi connectivity index (χ0v) is 13.2. The van der Waals surface area contributed by atoms with E-state index in [4.69, 9.17) is 5.73 Å². The van der Waals surface area contributed by atoms with Crippen LogP contribution in [0.5, 0.6) is 0 Å². The lowest BCUT2D eigenvalue weighted by atomic mass is 10.0. The second-order valence-electron chi connectivity index (χ2n) is 6.07. The SMILES string of the molecule is CCCCCCCCCC(=O)NCC(N)CC(C)C. The predicted octanol–water partition coefficient (Wildman–Crippen LogP) is 3.62. The third kappa shape index (κ3) is 13.7. The van der Waals surface area contributed by atoms with E-state index in [9.17, 15) is 4.79 Å². The third-order valence-corrected chi connectivity index (χ3v) is 3.34. The molecule has 1 amide bonds. The number of carbonyl (C=O) groups excluding carboxylic acids is 1. The molecule has 0 heterocycles. The van der Waals surface area contributed by atoms with E-state index in [2.05, 4.69) is 26.1 Å². The first kappa shape index (κ1) is 18.4. The Balaban J connectivity index is 3.34. The van der Waals surface area contributed by atoms with Crippen LogP contribution >= 0.6 is 0 Å². The van der Waals surface area contributed by atoms with E-state index in [0.29, 0.717) is 18.9 Å². The average Bonchev–Trinajstić information content (AvgIpc) is 2.34. The van der Waals surface area contributed by atoms with Crippen LogP contribution < -0.4 is 11.1 Å². The molecule has 3 nitrogen and oxygen atoms in total. The van der Waals surface area contributed by atoms with Crippen LogP contribution in [0.15, 0.2) is 0 Å². The average molecular weight is 270 g/mol. The van der Waals surface area contributed by atoms with Crippen molar-refractivity contribution in [3.05, 3.63) is 0 Å². The maximum atomic E-state index is 11.6. The number of carbonyl (C=O) groups is 1. The fraction of sp³-hybridized carbons (Fsp3) is 0.938. The first-order chi connectivity index (χ1) is 9.06. The third-order valence-electron chi connectivity index (χ3n) is 3.34. The zero-order valence-electron chi connectivity index (χ0n) is 13.2. The molecule has 0 aliphatic heterocycles. The van der Waals surface area contributed by atoms with Crippen LogP contribution in [0.2, 0.25) is 0 Å². The smallest absolute Gasteiger partial charge is 0.220 e. The van der Waals surface area contributed by atoms with Crippen molar-refractivity contribution >= 4 is 5.91 Å². The summed E-state index contributed by atoms with van der Waals surface area (Å²) in [5, 5.41) is 2.94. The standard InChI is InChI=1S/C16H34N2O/c1-4-5-6-7-8-9-10-11-16(19)18-13-15(17)12-14(2)3/h14-15H,4-13,17H2,1-3H3,(H,18,19). The van der Waals surface area contributed by atoms with Gasteiger partial charge >= 0.3 is 0 Å². The Hall–Kier alpha value is -0.570. The summed E-state index contributed by atoms with van der Waals surface area (Å²) < 4.78 is 0. The second-order valence-corrected chi connectivity index (χ2v) is 6.07. The normalized spacial score (nSPS) is 12.7. The Morgan fingerprint density at radius 1 is 1.05 bits per heavy atom. The zero-order chi connectivity index (χ0) is 14.5. The van der Waals surface area contributed by atoms with Crippen LogP contribution in [0.4, 0.5) is 0 Å². The Morgan fingerprint density at radius 3 is 2.21 bits per heavy atom. The fourth-order valence-electron chi connectivity index (χ4n) is 2.26. The van der Waals surface area contributed by atoms with Crippen molar-refractivity contribution in [1.29, 1.82) is 0 Å². The molecule has 0 bridgehead atoms. The first-order valence-corrected chi connectivity index (χ1v) is 8.08. The lowest BCUT2D eigenvalue weighted by Gasteiger charge is -2.14.